The maximum Gasteiger partial charge on any atom is 0.230 e. The molecule has 35 heavy (non-hydrogen) atoms. The Morgan fingerprint density at radius 2 is 1.77 bits per heavy atom. The summed E-state index contributed by atoms with van der Waals surface area (Å²) in [6, 6.07) is 6.32. The summed E-state index contributed by atoms with van der Waals surface area (Å²) in [6.07, 6.45) is 5.46. The Bertz CT molecular complexity index is 1010. The van der Waals surface area contributed by atoms with E-state index < -0.39 is 8.32 Å². The molecule has 2 aromatic rings. The summed E-state index contributed by atoms with van der Waals surface area (Å²) in [4.78, 5) is 19.9. The summed E-state index contributed by atoms with van der Waals surface area (Å²) >= 11 is 0. The van der Waals surface area contributed by atoms with Crippen molar-refractivity contribution in [3.8, 4) is 0 Å². The van der Waals surface area contributed by atoms with E-state index in [2.05, 4.69) is 74.2 Å². The van der Waals surface area contributed by atoms with E-state index in [0.29, 0.717) is 28.5 Å². The number of hydrogen-bond donors (Lipinski definition) is 1. The number of fused-ring (bicyclic) bond motifs is 1. The molecule has 2 N–H and O–H groups in total. The van der Waals surface area contributed by atoms with Crippen LogP contribution in [-0.4, -0.2) is 48.4 Å². The number of piperidine rings is 1. The highest BCUT2D eigenvalue weighted by Gasteiger charge is 2.44. The van der Waals surface area contributed by atoms with E-state index >= 15 is 0 Å². The van der Waals surface area contributed by atoms with E-state index in [0.717, 1.165) is 68.0 Å². The number of nitrogen functional groups attached to an aromatic ring is 1. The van der Waals surface area contributed by atoms with Crippen molar-refractivity contribution in [2.45, 2.75) is 103 Å². The number of nitrogens with zero attached hydrogens (tertiary/aromatic N) is 3. The highest BCUT2D eigenvalue weighted by Crippen LogP contribution is 2.42. The summed E-state index contributed by atoms with van der Waals surface area (Å²) in [7, 11) is -1.85. The summed E-state index contributed by atoms with van der Waals surface area (Å²) in [6.45, 7) is 17.4. The number of imidazole rings is 1. The number of hydrogen-bond acceptors (Lipinski definition) is 4. The average Bonchev–Trinajstić information content (AvgIpc) is 3.55. The van der Waals surface area contributed by atoms with Crippen molar-refractivity contribution in [1.29, 1.82) is 0 Å². The van der Waals surface area contributed by atoms with E-state index in [-0.39, 0.29) is 5.92 Å². The van der Waals surface area contributed by atoms with Crippen LogP contribution in [0.3, 0.4) is 0 Å². The second kappa shape index (κ2) is 10.6. The summed E-state index contributed by atoms with van der Waals surface area (Å²) < 4.78 is 8.84. The predicted molar refractivity (Wildman–Crippen MR) is 147 cm³/mol. The van der Waals surface area contributed by atoms with Gasteiger partial charge in [0.25, 0.3) is 0 Å². The largest absolute Gasteiger partial charge is 0.416 e. The van der Waals surface area contributed by atoms with Crippen LogP contribution in [0.5, 0.6) is 0 Å². The lowest BCUT2D eigenvalue weighted by Crippen LogP contribution is -2.48. The number of carbonyl (C=O) groups excluding carboxylic acids is 1. The van der Waals surface area contributed by atoms with E-state index in [4.69, 9.17) is 10.2 Å². The molecule has 2 fully saturated rings. The first-order valence-electron chi connectivity index (χ1n) is 13.8. The Morgan fingerprint density at radius 1 is 1.09 bits per heavy atom. The van der Waals surface area contributed by atoms with Gasteiger partial charge < -0.3 is 19.6 Å². The standard InChI is InChI=1S/C28H46N4O2Si/c1-19(2)35(20(3)4,21(5)6)34-16-8-15-32-26-13-12-23(17-25(26)30-28(32)29)24-9-7-14-31(27(24)33)18-22-10-11-22/h12-13,17,19-22,24H,7-11,14-16,18H2,1-6H3,(H2,29,30). The van der Waals surface area contributed by atoms with Gasteiger partial charge in [-0.05, 0) is 72.3 Å². The maximum atomic E-state index is 13.2. The van der Waals surface area contributed by atoms with Crippen LogP contribution in [0.4, 0.5) is 5.95 Å². The Labute approximate surface area is 212 Å². The highest BCUT2D eigenvalue weighted by atomic mass is 28.4. The number of rotatable bonds is 11. The van der Waals surface area contributed by atoms with Crippen LogP contribution in [0.1, 0.15) is 85.1 Å². The third kappa shape index (κ3) is 5.31. The molecule has 2 aliphatic rings. The molecular formula is C28H46N4O2Si. The zero-order chi connectivity index (χ0) is 25.3. The number of nitrogens with two attached hydrogens (primary N) is 1. The molecule has 0 radical (unpaired) electrons. The molecule has 1 unspecified atom stereocenters. The lowest BCUT2D eigenvalue weighted by Gasteiger charge is -2.42. The lowest BCUT2D eigenvalue weighted by atomic mass is 9.89. The first kappa shape index (κ1) is 26.2. The van der Waals surface area contributed by atoms with Crippen LogP contribution in [-0.2, 0) is 15.8 Å². The minimum atomic E-state index is -1.85. The van der Waals surface area contributed by atoms with Gasteiger partial charge >= 0.3 is 0 Å². The van der Waals surface area contributed by atoms with Gasteiger partial charge in [-0.2, -0.15) is 0 Å². The number of amides is 1. The van der Waals surface area contributed by atoms with Crippen LogP contribution in [0.25, 0.3) is 11.0 Å². The Balaban J connectivity index is 1.43. The van der Waals surface area contributed by atoms with Gasteiger partial charge in [0.05, 0.1) is 17.0 Å². The van der Waals surface area contributed by atoms with Gasteiger partial charge in [0.15, 0.2) is 8.32 Å². The maximum absolute atomic E-state index is 13.2. The predicted octanol–water partition coefficient (Wildman–Crippen LogP) is 6.32. The number of likely N-dealkylation sites (tertiary alicyclic amines) is 1. The number of carbonyl (C=O) groups is 1. The highest BCUT2D eigenvalue weighted by molar-refractivity contribution is 6.77. The SMILES string of the molecule is CC(C)[Si](OCCCn1c(N)nc2cc(C3CCCN(CC4CC4)C3=O)ccc21)(C(C)C)C(C)C. The molecule has 1 aliphatic heterocycles. The molecule has 2 heterocycles. The van der Waals surface area contributed by atoms with Crippen molar-refractivity contribution in [3.63, 3.8) is 0 Å². The molecule has 4 rings (SSSR count). The van der Waals surface area contributed by atoms with Crippen LogP contribution >= 0.6 is 0 Å². The number of benzene rings is 1. The fourth-order valence-corrected chi connectivity index (χ4v) is 12.1. The van der Waals surface area contributed by atoms with Gasteiger partial charge in [-0.1, -0.05) is 47.6 Å². The van der Waals surface area contributed by atoms with E-state index in [1.54, 1.807) is 0 Å². The number of anilines is 1. The molecule has 0 bridgehead atoms. The molecule has 0 spiro atoms. The van der Waals surface area contributed by atoms with E-state index in [1.165, 1.54) is 12.8 Å². The monoisotopic (exact) mass is 498 g/mol. The van der Waals surface area contributed by atoms with Crippen LogP contribution < -0.4 is 5.73 Å². The summed E-state index contributed by atoms with van der Waals surface area (Å²) in [5, 5.41) is 0. The zero-order valence-corrected chi connectivity index (χ0v) is 23.7. The van der Waals surface area contributed by atoms with Crippen molar-refractivity contribution < 1.29 is 9.22 Å². The molecule has 194 valence electrons. The van der Waals surface area contributed by atoms with Crippen molar-refractivity contribution in [1.82, 2.24) is 14.5 Å². The molecular weight excluding hydrogens is 452 g/mol. The van der Waals surface area contributed by atoms with Crippen molar-refractivity contribution in [2.75, 3.05) is 25.4 Å². The molecule has 1 saturated carbocycles. The van der Waals surface area contributed by atoms with Gasteiger partial charge in [-0.3, -0.25) is 4.79 Å². The first-order chi connectivity index (χ1) is 16.6. The second-order valence-electron chi connectivity index (χ2n) is 11.8. The smallest absolute Gasteiger partial charge is 0.230 e. The first-order valence-corrected chi connectivity index (χ1v) is 16.0. The fourth-order valence-electron chi connectivity index (χ4n) is 6.63. The van der Waals surface area contributed by atoms with Gasteiger partial charge in [-0.15, -0.1) is 0 Å². The lowest BCUT2D eigenvalue weighted by molar-refractivity contribution is -0.135. The van der Waals surface area contributed by atoms with Crippen LogP contribution in [0.2, 0.25) is 16.6 Å². The third-order valence-electron chi connectivity index (χ3n) is 8.50. The Kier molecular flexibility index (Phi) is 7.96. The van der Waals surface area contributed by atoms with Crippen molar-refractivity contribution in [2.24, 2.45) is 5.92 Å². The molecule has 1 amide bonds. The minimum absolute atomic E-state index is 0.0483. The Morgan fingerprint density at radius 3 is 2.40 bits per heavy atom. The van der Waals surface area contributed by atoms with Gasteiger partial charge in [0, 0.05) is 26.2 Å². The molecule has 6 nitrogen and oxygen atoms in total. The molecule has 1 aliphatic carbocycles. The fraction of sp³-hybridized carbons (Fsp3) is 0.714. The van der Waals surface area contributed by atoms with E-state index in [9.17, 15) is 4.79 Å². The number of aromatic nitrogens is 2. The van der Waals surface area contributed by atoms with E-state index in [1.807, 2.05) is 0 Å². The third-order valence-corrected chi connectivity index (χ3v) is 14.6. The average molecular weight is 499 g/mol. The molecule has 7 heteroatoms. The molecule has 1 aromatic carbocycles. The quantitative estimate of drug-likeness (QED) is 0.291. The van der Waals surface area contributed by atoms with Gasteiger partial charge in [0.1, 0.15) is 0 Å². The second-order valence-corrected chi connectivity index (χ2v) is 17.3. The number of aryl methyl sites for hydroxylation is 1. The molecule has 1 saturated heterocycles. The molecule has 1 atom stereocenters. The normalized spacial score (nSPS) is 19.6. The van der Waals surface area contributed by atoms with Crippen LogP contribution in [0, 0.1) is 5.92 Å². The van der Waals surface area contributed by atoms with Crippen molar-refractivity contribution in [3.05, 3.63) is 23.8 Å². The minimum Gasteiger partial charge on any atom is -0.416 e. The zero-order valence-electron chi connectivity index (χ0n) is 22.7. The van der Waals surface area contributed by atoms with Gasteiger partial charge in [-0.25, -0.2) is 4.98 Å². The van der Waals surface area contributed by atoms with Gasteiger partial charge in [0.2, 0.25) is 11.9 Å². The summed E-state index contributed by atoms with van der Waals surface area (Å²) in [5.41, 5.74) is 11.1. The topological polar surface area (TPSA) is 73.4 Å². The Hall–Kier alpha value is -1.86. The van der Waals surface area contributed by atoms with Crippen LogP contribution in [0.15, 0.2) is 18.2 Å². The molecule has 1 aromatic heterocycles. The van der Waals surface area contributed by atoms with Crippen molar-refractivity contribution >= 4 is 31.2 Å². The summed E-state index contributed by atoms with van der Waals surface area (Å²) in [5.74, 6) is 1.52.